The van der Waals surface area contributed by atoms with Crippen molar-refractivity contribution < 1.29 is 9.21 Å². The molecule has 1 saturated heterocycles. The van der Waals surface area contributed by atoms with Crippen LogP contribution >= 0.6 is 0 Å². The van der Waals surface area contributed by atoms with Crippen molar-refractivity contribution in [2.75, 3.05) is 13.1 Å². The van der Waals surface area contributed by atoms with Gasteiger partial charge in [0.25, 0.3) is 5.91 Å². The first-order chi connectivity index (χ1) is 11.8. The topological polar surface area (TPSA) is 61.3 Å². The van der Waals surface area contributed by atoms with Gasteiger partial charge in [-0.3, -0.25) is 9.69 Å². The van der Waals surface area contributed by atoms with Crippen molar-refractivity contribution in [3.63, 3.8) is 0 Å². The Labute approximate surface area is 140 Å². The summed E-state index contributed by atoms with van der Waals surface area (Å²) in [6, 6.07) is 9.51. The predicted molar refractivity (Wildman–Crippen MR) is 92.7 cm³/mol. The number of H-pyrrole nitrogens is 1. The largest absolute Gasteiger partial charge is 0.467 e. The van der Waals surface area contributed by atoms with E-state index in [0.717, 1.165) is 41.9 Å². The molecule has 3 heterocycles. The number of carbonyl (C=O) groups excluding carboxylic acids is 1. The van der Waals surface area contributed by atoms with E-state index in [9.17, 15) is 4.79 Å². The Hall–Kier alpha value is -2.53. The fourth-order valence-corrected chi connectivity index (χ4v) is 3.43. The second kappa shape index (κ2) is 6.53. The molecule has 0 radical (unpaired) electrons. The molecule has 3 aromatic rings. The van der Waals surface area contributed by atoms with Crippen LogP contribution in [0.1, 0.15) is 34.5 Å². The number of carbonyl (C=O) groups is 1. The van der Waals surface area contributed by atoms with Crippen molar-refractivity contribution in [3.8, 4) is 0 Å². The van der Waals surface area contributed by atoms with Crippen LogP contribution in [-0.2, 0) is 13.1 Å². The summed E-state index contributed by atoms with van der Waals surface area (Å²) in [6.45, 7) is 3.57. The van der Waals surface area contributed by atoms with E-state index in [-0.39, 0.29) is 5.91 Å². The van der Waals surface area contributed by atoms with Crippen LogP contribution in [0.5, 0.6) is 0 Å². The summed E-state index contributed by atoms with van der Waals surface area (Å²) in [4.78, 5) is 18.4. The number of hydrogen-bond donors (Lipinski definition) is 2. The molecular weight excluding hydrogens is 302 g/mol. The minimum Gasteiger partial charge on any atom is -0.467 e. The number of aromatic amines is 1. The first-order valence-electron chi connectivity index (χ1n) is 8.43. The molecule has 1 aliphatic heterocycles. The van der Waals surface area contributed by atoms with Gasteiger partial charge in [-0.05, 0) is 55.8 Å². The summed E-state index contributed by atoms with van der Waals surface area (Å²) in [5.41, 5.74) is 2.92. The minimum absolute atomic E-state index is 0.0701. The van der Waals surface area contributed by atoms with Crippen LogP contribution in [0.2, 0.25) is 0 Å². The molecule has 5 nitrogen and oxygen atoms in total. The maximum Gasteiger partial charge on any atom is 0.252 e. The number of fused-ring (bicyclic) bond motifs is 1. The molecule has 1 aromatic carbocycles. The maximum absolute atomic E-state index is 12.7. The highest BCUT2D eigenvalue weighted by Crippen LogP contribution is 2.25. The Morgan fingerprint density at radius 2 is 2.08 bits per heavy atom. The highest BCUT2D eigenvalue weighted by Gasteiger charge is 2.18. The second-order valence-corrected chi connectivity index (χ2v) is 6.29. The smallest absolute Gasteiger partial charge is 0.252 e. The van der Waals surface area contributed by atoms with Gasteiger partial charge in [0, 0.05) is 29.2 Å². The molecule has 0 aliphatic carbocycles. The molecule has 0 saturated carbocycles. The van der Waals surface area contributed by atoms with Crippen LogP contribution in [0.15, 0.2) is 47.2 Å². The molecule has 2 N–H and O–H groups in total. The molecule has 2 aromatic heterocycles. The normalized spacial score (nSPS) is 15.2. The molecule has 5 heteroatoms. The zero-order valence-electron chi connectivity index (χ0n) is 13.5. The Kier molecular flexibility index (Phi) is 4.09. The standard InChI is InChI=1S/C19H21N3O2/c23-19(21-12-15-5-4-10-24-15)16-6-3-7-17-18(16)14(11-20-17)13-22-8-1-2-9-22/h3-7,10-11,20H,1-2,8-9,12-13H2,(H,21,23). The van der Waals surface area contributed by atoms with Crippen molar-refractivity contribution in [1.82, 2.24) is 15.2 Å². The lowest BCUT2D eigenvalue weighted by molar-refractivity contribution is 0.0949. The first-order valence-corrected chi connectivity index (χ1v) is 8.43. The van der Waals surface area contributed by atoms with Crippen LogP contribution < -0.4 is 5.32 Å². The van der Waals surface area contributed by atoms with Gasteiger partial charge in [-0.2, -0.15) is 0 Å². The zero-order chi connectivity index (χ0) is 16.4. The van der Waals surface area contributed by atoms with Crippen LogP contribution in [0, 0.1) is 0 Å². The molecule has 124 valence electrons. The third kappa shape index (κ3) is 2.95. The summed E-state index contributed by atoms with van der Waals surface area (Å²) >= 11 is 0. The lowest BCUT2D eigenvalue weighted by Crippen LogP contribution is -2.23. The highest BCUT2D eigenvalue weighted by atomic mass is 16.3. The van der Waals surface area contributed by atoms with E-state index < -0.39 is 0 Å². The van der Waals surface area contributed by atoms with E-state index in [0.29, 0.717) is 6.54 Å². The number of hydrogen-bond acceptors (Lipinski definition) is 3. The molecule has 1 amide bonds. The van der Waals surface area contributed by atoms with Gasteiger partial charge in [-0.25, -0.2) is 0 Å². The van der Waals surface area contributed by atoms with Crippen molar-refractivity contribution >= 4 is 16.8 Å². The van der Waals surface area contributed by atoms with Crippen molar-refractivity contribution in [2.45, 2.75) is 25.9 Å². The molecule has 4 rings (SSSR count). The number of rotatable bonds is 5. The third-order valence-corrected chi connectivity index (χ3v) is 4.63. The van der Waals surface area contributed by atoms with Gasteiger partial charge in [0.15, 0.2) is 0 Å². The molecule has 1 fully saturated rings. The van der Waals surface area contributed by atoms with Crippen LogP contribution in [0.4, 0.5) is 0 Å². The number of nitrogens with one attached hydrogen (secondary N) is 2. The Morgan fingerprint density at radius 3 is 2.88 bits per heavy atom. The Morgan fingerprint density at radius 1 is 1.21 bits per heavy atom. The van der Waals surface area contributed by atoms with E-state index >= 15 is 0 Å². The first kappa shape index (κ1) is 15.0. The number of nitrogens with zero attached hydrogens (tertiary/aromatic N) is 1. The number of furan rings is 1. The second-order valence-electron chi connectivity index (χ2n) is 6.29. The fraction of sp³-hybridized carbons (Fsp3) is 0.316. The van der Waals surface area contributed by atoms with Gasteiger partial charge < -0.3 is 14.7 Å². The molecule has 0 spiro atoms. The van der Waals surface area contributed by atoms with Gasteiger partial charge in [-0.1, -0.05) is 6.07 Å². The van der Waals surface area contributed by atoms with Crippen molar-refractivity contribution in [1.29, 1.82) is 0 Å². The Balaban J connectivity index is 1.59. The van der Waals surface area contributed by atoms with Gasteiger partial charge >= 0.3 is 0 Å². The molecule has 0 bridgehead atoms. The lowest BCUT2D eigenvalue weighted by atomic mass is 10.1. The zero-order valence-corrected chi connectivity index (χ0v) is 13.5. The third-order valence-electron chi connectivity index (χ3n) is 4.63. The SMILES string of the molecule is O=C(NCc1ccco1)c1cccc2[nH]cc(CN3CCCC3)c12. The fourth-order valence-electron chi connectivity index (χ4n) is 3.43. The van der Waals surface area contributed by atoms with Gasteiger partial charge in [-0.15, -0.1) is 0 Å². The number of amides is 1. The Bertz CT molecular complexity index is 830. The number of likely N-dealkylation sites (tertiary alicyclic amines) is 1. The molecule has 0 unspecified atom stereocenters. The minimum atomic E-state index is -0.0701. The van der Waals surface area contributed by atoms with Gasteiger partial charge in [0.2, 0.25) is 0 Å². The molecule has 1 aliphatic rings. The predicted octanol–water partition coefficient (Wildman–Crippen LogP) is 3.29. The van der Waals surface area contributed by atoms with E-state index in [1.54, 1.807) is 6.26 Å². The molecule has 0 atom stereocenters. The number of benzene rings is 1. The summed E-state index contributed by atoms with van der Waals surface area (Å²) in [7, 11) is 0. The van der Waals surface area contributed by atoms with E-state index in [4.69, 9.17) is 4.42 Å². The van der Waals surface area contributed by atoms with Gasteiger partial charge in [0.05, 0.1) is 12.8 Å². The van der Waals surface area contributed by atoms with Crippen LogP contribution in [0.25, 0.3) is 10.9 Å². The van der Waals surface area contributed by atoms with Crippen LogP contribution in [-0.4, -0.2) is 28.9 Å². The summed E-state index contributed by atoms with van der Waals surface area (Å²) < 4.78 is 5.28. The highest BCUT2D eigenvalue weighted by molar-refractivity contribution is 6.07. The van der Waals surface area contributed by atoms with E-state index in [2.05, 4.69) is 15.2 Å². The van der Waals surface area contributed by atoms with Crippen molar-refractivity contribution in [3.05, 3.63) is 59.7 Å². The number of aromatic nitrogens is 1. The summed E-state index contributed by atoms with van der Waals surface area (Å²) in [5.74, 6) is 0.682. The molecular formula is C19H21N3O2. The van der Waals surface area contributed by atoms with Crippen LogP contribution in [0.3, 0.4) is 0 Å². The quantitative estimate of drug-likeness (QED) is 0.757. The van der Waals surface area contributed by atoms with Gasteiger partial charge in [0.1, 0.15) is 5.76 Å². The average molecular weight is 323 g/mol. The molecule has 24 heavy (non-hydrogen) atoms. The summed E-state index contributed by atoms with van der Waals surface area (Å²) in [5, 5.41) is 3.97. The maximum atomic E-state index is 12.7. The van der Waals surface area contributed by atoms with Crippen molar-refractivity contribution in [2.24, 2.45) is 0 Å². The van der Waals surface area contributed by atoms with E-state index in [1.165, 1.54) is 18.4 Å². The summed E-state index contributed by atoms with van der Waals surface area (Å²) in [6.07, 6.45) is 6.17. The van der Waals surface area contributed by atoms with E-state index in [1.807, 2.05) is 36.5 Å². The lowest BCUT2D eigenvalue weighted by Gasteiger charge is -2.14. The average Bonchev–Trinajstić information content (AvgIpc) is 3.35. The monoisotopic (exact) mass is 323 g/mol.